The Balaban J connectivity index is 0.00000242. The van der Waals surface area contributed by atoms with Gasteiger partial charge in [0.25, 0.3) is 0 Å². The predicted molar refractivity (Wildman–Crippen MR) is 89.9 cm³/mol. The van der Waals surface area contributed by atoms with Crippen LogP contribution in [0.3, 0.4) is 0 Å². The van der Waals surface area contributed by atoms with E-state index in [1.165, 1.54) is 5.56 Å². The molecule has 124 valence electrons. The van der Waals surface area contributed by atoms with Crippen LogP contribution in [0.15, 0.2) is 24.3 Å². The highest BCUT2D eigenvalue weighted by molar-refractivity contribution is 5.85. The van der Waals surface area contributed by atoms with Crippen LogP contribution < -0.4 is 11.1 Å². The molecule has 3 N–H and O–H groups in total. The molecule has 1 saturated heterocycles. The van der Waals surface area contributed by atoms with Crippen molar-refractivity contribution in [3.05, 3.63) is 35.4 Å². The minimum atomic E-state index is -0.469. The molecule has 0 aliphatic carbocycles. The molecule has 0 radical (unpaired) electrons. The van der Waals surface area contributed by atoms with Crippen molar-refractivity contribution < 1.29 is 9.53 Å². The van der Waals surface area contributed by atoms with E-state index in [0.717, 1.165) is 31.8 Å². The number of rotatable bonds is 5. The van der Waals surface area contributed by atoms with Gasteiger partial charge in [0.2, 0.25) is 5.91 Å². The molecule has 1 fully saturated rings. The molecule has 6 heteroatoms. The van der Waals surface area contributed by atoms with Crippen molar-refractivity contribution in [3.8, 4) is 0 Å². The van der Waals surface area contributed by atoms with Gasteiger partial charge in [-0.3, -0.25) is 9.69 Å². The van der Waals surface area contributed by atoms with Crippen molar-refractivity contribution in [2.24, 2.45) is 5.73 Å². The van der Waals surface area contributed by atoms with Crippen molar-refractivity contribution in [1.29, 1.82) is 0 Å². The Kier molecular flexibility index (Phi) is 7.82. The van der Waals surface area contributed by atoms with E-state index in [9.17, 15) is 4.79 Å². The van der Waals surface area contributed by atoms with Crippen LogP contribution in [0.25, 0.3) is 0 Å². The Morgan fingerprint density at radius 3 is 2.91 bits per heavy atom. The van der Waals surface area contributed by atoms with E-state index in [2.05, 4.69) is 29.3 Å². The van der Waals surface area contributed by atoms with Gasteiger partial charge in [-0.1, -0.05) is 24.3 Å². The van der Waals surface area contributed by atoms with E-state index in [0.29, 0.717) is 12.6 Å². The number of hydrogen-bond donors (Lipinski definition) is 2. The highest BCUT2D eigenvalue weighted by Crippen LogP contribution is 2.12. The van der Waals surface area contributed by atoms with Crippen LogP contribution in [0.2, 0.25) is 0 Å². The van der Waals surface area contributed by atoms with Crippen LogP contribution in [0.5, 0.6) is 0 Å². The molecule has 1 aliphatic rings. The maximum Gasteiger partial charge on any atom is 0.236 e. The molecule has 1 amide bonds. The van der Waals surface area contributed by atoms with Crippen LogP contribution in [-0.4, -0.2) is 42.6 Å². The number of hydrogen-bond acceptors (Lipinski definition) is 4. The van der Waals surface area contributed by atoms with Crippen molar-refractivity contribution in [3.63, 3.8) is 0 Å². The van der Waals surface area contributed by atoms with E-state index >= 15 is 0 Å². The average Bonchev–Trinajstić information content (AvgIpc) is 2.45. The zero-order valence-electron chi connectivity index (χ0n) is 13.2. The molecule has 2 atom stereocenters. The standard InChI is InChI=1S/C16H25N3O2.ClH/c1-12-10-19(6-7-21-12)11-15-5-3-4-14(8-15)9-18-16(20)13(2)17;/h3-5,8,12-13H,6-7,9-11,17H2,1-2H3,(H,18,20);1H. The number of ether oxygens (including phenoxy) is 1. The van der Waals surface area contributed by atoms with E-state index < -0.39 is 6.04 Å². The fourth-order valence-electron chi connectivity index (χ4n) is 2.48. The minimum Gasteiger partial charge on any atom is -0.376 e. The molecule has 1 aliphatic heterocycles. The number of amides is 1. The largest absolute Gasteiger partial charge is 0.376 e. The van der Waals surface area contributed by atoms with Gasteiger partial charge in [0.05, 0.1) is 18.8 Å². The summed E-state index contributed by atoms with van der Waals surface area (Å²) < 4.78 is 5.56. The van der Waals surface area contributed by atoms with Gasteiger partial charge in [0, 0.05) is 26.2 Å². The molecular weight excluding hydrogens is 302 g/mol. The SMILES string of the molecule is CC1CN(Cc2cccc(CNC(=O)C(C)N)c2)CCO1.Cl. The maximum absolute atomic E-state index is 11.5. The van der Waals surface area contributed by atoms with Crippen molar-refractivity contribution in [2.75, 3.05) is 19.7 Å². The summed E-state index contributed by atoms with van der Waals surface area (Å²) in [6, 6.07) is 7.85. The Bertz CT molecular complexity index is 482. The number of halogens is 1. The summed E-state index contributed by atoms with van der Waals surface area (Å²) >= 11 is 0. The van der Waals surface area contributed by atoms with E-state index in [1.807, 2.05) is 12.1 Å². The van der Waals surface area contributed by atoms with Gasteiger partial charge in [-0.25, -0.2) is 0 Å². The highest BCUT2D eigenvalue weighted by Gasteiger charge is 2.16. The number of benzene rings is 1. The topological polar surface area (TPSA) is 67.6 Å². The van der Waals surface area contributed by atoms with Crippen molar-refractivity contribution in [1.82, 2.24) is 10.2 Å². The molecular formula is C16H26ClN3O2. The molecule has 2 unspecified atom stereocenters. The molecule has 0 bridgehead atoms. The summed E-state index contributed by atoms with van der Waals surface area (Å²) in [4.78, 5) is 13.9. The van der Waals surface area contributed by atoms with Gasteiger partial charge in [-0.05, 0) is 25.0 Å². The van der Waals surface area contributed by atoms with Crippen LogP contribution in [0.4, 0.5) is 0 Å². The maximum atomic E-state index is 11.5. The number of carbonyl (C=O) groups excluding carboxylic acids is 1. The molecule has 1 aromatic rings. The summed E-state index contributed by atoms with van der Waals surface area (Å²) in [5.41, 5.74) is 7.90. The summed E-state index contributed by atoms with van der Waals surface area (Å²) in [6.45, 7) is 7.96. The fourth-order valence-corrected chi connectivity index (χ4v) is 2.48. The van der Waals surface area contributed by atoms with E-state index in [4.69, 9.17) is 10.5 Å². The fraction of sp³-hybridized carbons (Fsp3) is 0.562. The smallest absolute Gasteiger partial charge is 0.236 e. The third-order valence-electron chi connectivity index (χ3n) is 3.60. The first-order valence-corrected chi connectivity index (χ1v) is 7.49. The number of carbonyl (C=O) groups is 1. The molecule has 0 spiro atoms. The van der Waals surface area contributed by atoms with E-state index in [1.54, 1.807) is 6.92 Å². The minimum absolute atomic E-state index is 0. The number of nitrogens with zero attached hydrogens (tertiary/aromatic N) is 1. The first-order valence-electron chi connectivity index (χ1n) is 7.49. The Morgan fingerprint density at radius 2 is 2.23 bits per heavy atom. The normalized spacial score (nSPS) is 20.0. The second-order valence-corrected chi connectivity index (χ2v) is 5.74. The second-order valence-electron chi connectivity index (χ2n) is 5.74. The van der Waals surface area contributed by atoms with Gasteiger partial charge in [0.15, 0.2) is 0 Å². The Hall–Kier alpha value is -1.14. The molecule has 5 nitrogen and oxygen atoms in total. The Labute approximate surface area is 138 Å². The van der Waals surface area contributed by atoms with Gasteiger partial charge in [-0.2, -0.15) is 0 Å². The Morgan fingerprint density at radius 1 is 1.50 bits per heavy atom. The molecule has 0 aromatic heterocycles. The number of morpholine rings is 1. The highest BCUT2D eigenvalue weighted by atomic mass is 35.5. The molecule has 2 rings (SSSR count). The zero-order valence-corrected chi connectivity index (χ0v) is 14.1. The van der Waals surface area contributed by atoms with Crippen LogP contribution in [0, 0.1) is 0 Å². The quantitative estimate of drug-likeness (QED) is 0.855. The van der Waals surface area contributed by atoms with Gasteiger partial charge < -0.3 is 15.8 Å². The monoisotopic (exact) mass is 327 g/mol. The summed E-state index contributed by atoms with van der Waals surface area (Å²) in [5, 5.41) is 2.84. The first kappa shape index (κ1) is 18.9. The van der Waals surface area contributed by atoms with Gasteiger partial charge >= 0.3 is 0 Å². The van der Waals surface area contributed by atoms with E-state index in [-0.39, 0.29) is 18.3 Å². The lowest BCUT2D eigenvalue weighted by molar-refractivity contribution is -0.122. The van der Waals surface area contributed by atoms with Gasteiger partial charge in [0.1, 0.15) is 0 Å². The van der Waals surface area contributed by atoms with Crippen LogP contribution >= 0.6 is 12.4 Å². The lowest BCUT2D eigenvalue weighted by atomic mass is 10.1. The summed E-state index contributed by atoms with van der Waals surface area (Å²) in [7, 11) is 0. The lowest BCUT2D eigenvalue weighted by Gasteiger charge is -2.31. The lowest BCUT2D eigenvalue weighted by Crippen LogP contribution is -2.40. The van der Waals surface area contributed by atoms with Gasteiger partial charge in [-0.15, -0.1) is 12.4 Å². The van der Waals surface area contributed by atoms with Crippen LogP contribution in [-0.2, 0) is 22.6 Å². The summed E-state index contributed by atoms with van der Waals surface area (Å²) in [6.07, 6.45) is 0.298. The molecule has 1 aromatic carbocycles. The summed E-state index contributed by atoms with van der Waals surface area (Å²) in [5.74, 6) is -0.123. The zero-order chi connectivity index (χ0) is 15.2. The molecule has 1 heterocycles. The van der Waals surface area contributed by atoms with Crippen molar-refractivity contribution in [2.45, 2.75) is 39.1 Å². The number of nitrogens with two attached hydrogens (primary N) is 1. The number of nitrogens with one attached hydrogen (secondary N) is 1. The van der Waals surface area contributed by atoms with Crippen molar-refractivity contribution >= 4 is 18.3 Å². The third kappa shape index (κ3) is 5.93. The first-order chi connectivity index (χ1) is 10.0. The van der Waals surface area contributed by atoms with Crippen LogP contribution in [0.1, 0.15) is 25.0 Å². The predicted octanol–water partition coefficient (Wildman–Crippen LogP) is 1.29. The third-order valence-corrected chi connectivity index (χ3v) is 3.60. The molecule has 0 saturated carbocycles. The second kappa shape index (κ2) is 9.10. The average molecular weight is 328 g/mol. The molecule has 22 heavy (non-hydrogen) atoms.